The molecule has 2 aromatic carbocycles. The van der Waals surface area contributed by atoms with Crippen molar-refractivity contribution < 1.29 is 22.0 Å². The zero-order chi connectivity index (χ0) is 17.5. The predicted molar refractivity (Wildman–Crippen MR) is 85.3 cm³/mol. The second-order valence-electron chi connectivity index (χ2n) is 5.37. The number of halogens is 2. The van der Waals surface area contributed by atoms with Crippen LogP contribution in [-0.4, -0.2) is 20.9 Å². The lowest BCUT2D eigenvalue weighted by molar-refractivity contribution is -0.117. The van der Waals surface area contributed by atoms with Crippen molar-refractivity contribution in [3.8, 4) is 0 Å². The number of sulfonamides is 1. The van der Waals surface area contributed by atoms with E-state index < -0.39 is 26.6 Å². The molecule has 0 unspecified atom stereocenters. The summed E-state index contributed by atoms with van der Waals surface area (Å²) in [5.74, 6) is -2.01. The van der Waals surface area contributed by atoms with Crippen molar-refractivity contribution in [1.82, 2.24) is 0 Å². The van der Waals surface area contributed by atoms with Crippen LogP contribution in [0, 0.1) is 11.6 Å². The molecule has 0 atom stereocenters. The van der Waals surface area contributed by atoms with E-state index >= 15 is 0 Å². The average molecular weight is 352 g/mol. The van der Waals surface area contributed by atoms with E-state index in [-0.39, 0.29) is 18.0 Å². The molecule has 0 bridgehead atoms. The molecule has 0 fully saturated rings. The number of anilines is 2. The quantitative estimate of drug-likeness (QED) is 0.920. The lowest BCUT2D eigenvalue weighted by Crippen LogP contribution is -2.25. The molecule has 1 N–H and O–H groups in total. The van der Waals surface area contributed by atoms with Crippen molar-refractivity contribution in [2.45, 2.75) is 18.2 Å². The first-order valence-electron chi connectivity index (χ1n) is 7.22. The number of carbonyl (C=O) groups excluding carboxylic acids is 1. The lowest BCUT2D eigenvalue weighted by Gasteiger charge is -2.15. The molecule has 0 aliphatic carbocycles. The van der Waals surface area contributed by atoms with Crippen LogP contribution in [0.2, 0.25) is 0 Å². The van der Waals surface area contributed by atoms with Gasteiger partial charge in [0.1, 0.15) is 11.6 Å². The van der Waals surface area contributed by atoms with Gasteiger partial charge in [-0.2, -0.15) is 0 Å². The van der Waals surface area contributed by atoms with Gasteiger partial charge in [-0.25, -0.2) is 17.2 Å². The number of rotatable bonds is 4. The molecule has 2 aromatic rings. The third kappa shape index (κ3) is 2.96. The van der Waals surface area contributed by atoms with Gasteiger partial charge in [-0.05, 0) is 42.8 Å². The van der Waals surface area contributed by atoms with Crippen LogP contribution in [0.4, 0.5) is 20.2 Å². The molecule has 1 aliphatic heterocycles. The molecule has 0 aromatic heterocycles. The van der Waals surface area contributed by atoms with Gasteiger partial charge in [0.25, 0.3) is 10.0 Å². The number of fused-ring (bicyclic) bond motifs is 1. The predicted octanol–water partition coefficient (Wildman–Crippen LogP) is 2.67. The van der Waals surface area contributed by atoms with Gasteiger partial charge < -0.3 is 4.90 Å². The molecule has 3 rings (SSSR count). The minimum Gasteiger partial charge on any atom is -0.312 e. The fourth-order valence-electron chi connectivity index (χ4n) is 2.69. The lowest BCUT2D eigenvalue weighted by atomic mass is 10.1. The molecule has 0 saturated heterocycles. The number of nitrogens with zero attached hydrogens (tertiary/aromatic N) is 1. The van der Waals surface area contributed by atoms with Crippen LogP contribution in [0.1, 0.15) is 12.5 Å². The summed E-state index contributed by atoms with van der Waals surface area (Å²) in [5.41, 5.74) is 1.67. The Morgan fingerprint density at radius 2 is 1.79 bits per heavy atom. The molecule has 1 aliphatic rings. The first-order chi connectivity index (χ1) is 11.3. The van der Waals surface area contributed by atoms with Crippen LogP contribution >= 0.6 is 0 Å². The van der Waals surface area contributed by atoms with Crippen LogP contribution in [0.15, 0.2) is 41.3 Å². The third-order valence-electron chi connectivity index (χ3n) is 3.73. The summed E-state index contributed by atoms with van der Waals surface area (Å²) < 4.78 is 53.3. The summed E-state index contributed by atoms with van der Waals surface area (Å²) in [6.07, 6.45) is 0.188. The van der Waals surface area contributed by atoms with Crippen molar-refractivity contribution in [1.29, 1.82) is 0 Å². The van der Waals surface area contributed by atoms with Gasteiger partial charge in [-0.1, -0.05) is 0 Å². The second-order valence-corrected chi connectivity index (χ2v) is 7.05. The maximum absolute atomic E-state index is 13.2. The topological polar surface area (TPSA) is 66.5 Å². The molecular formula is C16H14F2N2O3S. The smallest absolute Gasteiger partial charge is 0.262 e. The van der Waals surface area contributed by atoms with Gasteiger partial charge in [0.2, 0.25) is 5.91 Å². The molecule has 1 heterocycles. The monoisotopic (exact) mass is 352 g/mol. The molecule has 24 heavy (non-hydrogen) atoms. The maximum Gasteiger partial charge on any atom is 0.262 e. The number of likely N-dealkylation sites (N-methyl/N-ethyl adjacent to an activating group) is 1. The first kappa shape index (κ1) is 16.4. The van der Waals surface area contributed by atoms with Crippen molar-refractivity contribution in [2.24, 2.45) is 0 Å². The minimum absolute atomic E-state index is 0.0558. The number of benzene rings is 2. The molecule has 0 spiro atoms. The van der Waals surface area contributed by atoms with Crippen LogP contribution in [0.5, 0.6) is 0 Å². The van der Waals surface area contributed by atoms with Crippen LogP contribution < -0.4 is 9.62 Å². The normalized spacial score (nSPS) is 14.0. The molecular weight excluding hydrogens is 338 g/mol. The van der Waals surface area contributed by atoms with Crippen molar-refractivity contribution in [3.63, 3.8) is 0 Å². The number of amides is 1. The summed E-state index contributed by atoms with van der Waals surface area (Å²) in [7, 11) is -4.14. The van der Waals surface area contributed by atoms with E-state index in [1.165, 1.54) is 6.07 Å². The highest BCUT2D eigenvalue weighted by Gasteiger charge is 2.26. The number of nitrogens with one attached hydrogen (secondary N) is 1. The first-order valence-corrected chi connectivity index (χ1v) is 8.70. The van der Waals surface area contributed by atoms with Gasteiger partial charge in [-0.3, -0.25) is 9.52 Å². The van der Waals surface area contributed by atoms with E-state index in [9.17, 15) is 22.0 Å². The van der Waals surface area contributed by atoms with E-state index in [0.717, 1.165) is 17.8 Å². The standard InChI is InChI=1S/C16H14F2N2O3S/c1-2-20-15-4-3-13(5-10(15)6-16(20)21)19-24(22,23)14-8-11(17)7-12(18)9-14/h3-5,7-9,19H,2,6H2,1H3. The van der Waals surface area contributed by atoms with E-state index in [4.69, 9.17) is 0 Å². The highest BCUT2D eigenvalue weighted by molar-refractivity contribution is 7.92. The van der Waals surface area contributed by atoms with Crippen molar-refractivity contribution in [2.75, 3.05) is 16.2 Å². The molecule has 0 radical (unpaired) electrons. The van der Waals surface area contributed by atoms with Gasteiger partial charge in [-0.15, -0.1) is 0 Å². The highest BCUT2D eigenvalue weighted by Crippen LogP contribution is 2.31. The van der Waals surface area contributed by atoms with E-state index in [1.807, 2.05) is 6.92 Å². The zero-order valence-electron chi connectivity index (χ0n) is 12.7. The van der Waals surface area contributed by atoms with Gasteiger partial charge in [0.05, 0.1) is 11.3 Å². The third-order valence-corrected chi connectivity index (χ3v) is 5.09. The van der Waals surface area contributed by atoms with Gasteiger partial charge >= 0.3 is 0 Å². The summed E-state index contributed by atoms with van der Waals surface area (Å²) in [4.78, 5) is 13.0. The summed E-state index contributed by atoms with van der Waals surface area (Å²) in [6.45, 7) is 2.38. The SMILES string of the molecule is CCN1C(=O)Cc2cc(NS(=O)(=O)c3cc(F)cc(F)c3)ccc21. The molecule has 126 valence electrons. The minimum atomic E-state index is -4.14. The van der Waals surface area contributed by atoms with Gasteiger partial charge in [0, 0.05) is 24.0 Å². The van der Waals surface area contributed by atoms with Crippen LogP contribution in [0.3, 0.4) is 0 Å². The Morgan fingerprint density at radius 3 is 2.42 bits per heavy atom. The average Bonchev–Trinajstić information content (AvgIpc) is 2.80. The molecule has 1 amide bonds. The Morgan fingerprint density at radius 1 is 1.12 bits per heavy atom. The Balaban J connectivity index is 1.92. The molecule has 8 heteroatoms. The highest BCUT2D eigenvalue weighted by atomic mass is 32.2. The zero-order valence-corrected chi connectivity index (χ0v) is 13.5. The largest absolute Gasteiger partial charge is 0.312 e. The number of hydrogen-bond donors (Lipinski definition) is 1. The second kappa shape index (κ2) is 5.86. The van der Waals surface area contributed by atoms with E-state index in [1.54, 1.807) is 17.0 Å². The Hall–Kier alpha value is -2.48. The summed E-state index contributed by atoms with van der Waals surface area (Å²) in [5, 5.41) is 0. The summed E-state index contributed by atoms with van der Waals surface area (Å²) >= 11 is 0. The van der Waals surface area contributed by atoms with Crippen molar-refractivity contribution >= 4 is 27.3 Å². The van der Waals surface area contributed by atoms with E-state index in [0.29, 0.717) is 18.2 Å². The van der Waals surface area contributed by atoms with Crippen molar-refractivity contribution in [3.05, 3.63) is 53.6 Å². The van der Waals surface area contributed by atoms with E-state index in [2.05, 4.69) is 4.72 Å². The van der Waals surface area contributed by atoms with Crippen LogP contribution in [0.25, 0.3) is 0 Å². The molecule has 5 nitrogen and oxygen atoms in total. The summed E-state index contributed by atoms with van der Waals surface area (Å²) in [6, 6.07) is 6.78. The van der Waals surface area contributed by atoms with Gasteiger partial charge in [0.15, 0.2) is 0 Å². The Bertz CT molecular complexity index is 909. The Labute approximate surface area is 138 Å². The van der Waals surface area contributed by atoms with Crippen LogP contribution in [-0.2, 0) is 21.2 Å². The number of carbonyl (C=O) groups is 1. The maximum atomic E-state index is 13.2. The number of hydrogen-bond acceptors (Lipinski definition) is 3. The molecule has 0 saturated carbocycles. The fourth-order valence-corrected chi connectivity index (χ4v) is 3.78. The fraction of sp³-hybridized carbons (Fsp3) is 0.188. The Kier molecular flexibility index (Phi) is 4.00.